The van der Waals surface area contributed by atoms with E-state index in [-0.39, 0.29) is 27.2 Å². The van der Waals surface area contributed by atoms with Crippen molar-refractivity contribution in [2.24, 2.45) is 0 Å². The quantitative estimate of drug-likeness (QED) is 0.540. The molecule has 0 heterocycles. The second kappa shape index (κ2) is 7.25. The zero-order valence-corrected chi connectivity index (χ0v) is 6.14. The van der Waals surface area contributed by atoms with Gasteiger partial charge in [-0.25, -0.2) is 0 Å². The van der Waals surface area contributed by atoms with Crippen molar-refractivity contribution in [3.8, 4) is 0 Å². The Kier molecular flexibility index (Phi) is 12.7. The molecule has 0 aliphatic rings. The first-order valence-corrected chi connectivity index (χ1v) is 1.13. The summed E-state index contributed by atoms with van der Waals surface area (Å²) in [6.07, 6.45) is 0. The molecule has 8 nitrogen and oxygen atoms in total. The summed E-state index contributed by atoms with van der Waals surface area (Å²) in [4.78, 5) is 18.0. The smallest absolute Gasteiger partial charge is 0.693 e. The summed E-state index contributed by atoms with van der Waals surface area (Å²) in [5, 5.41) is 15.3. The molecule has 0 saturated heterocycles. The molecule has 0 aliphatic heterocycles. The van der Waals surface area contributed by atoms with Gasteiger partial charge in [0.15, 0.2) is 0 Å². The molecule has 9 heavy (non-hydrogen) atoms. The molecule has 0 unspecified atom stereocenters. The molecule has 0 amide bonds. The fourth-order valence-corrected chi connectivity index (χ4v) is 0.0596. The Bertz CT molecular complexity index is 88.7. The Labute approximate surface area is 63.7 Å². The van der Waals surface area contributed by atoms with Crippen LogP contribution in [0.4, 0.5) is 0 Å². The zero-order chi connectivity index (χ0) is 5.86. The molecular weight excluding hydrogens is 315 g/mol. The van der Waals surface area contributed by atoms with E-state index in [0.717, 1.165) is 0 Å². The average Bonchev–Trinajstić information content (AvgIpc) is 1.27. The van der Waals surface area contributed by atoms with E-state index in [0.29, 0.717) is 0 Å². The van der Waals surface area contributed by atoms with Crippen LogP contribution in [0.2, 0.25) is 0 Å². The van der Waals surface area contributed by atoms with Gasteiger partial charge in [0, 0.05) is 10.1 Å². The van der Waals surface area contributed by atoms with E-state index in [1.165, 1.54) is 0 Å². The van der Waals surface area contributed by atoms with Crippen molar-refractivity contribution in [1.29, 1.82) is 0 Å². The molecule has 0 aromatic rings. The minimum Gasteiger partial charge on any atom is -0.693 e. The molecule has 2 N–H and O–H groups in total. The number of hydrogen-bond acceptors (Lipinski definition) is 4. The van der Waals surface area contributed by atoms with Crippen LogP contribution in [0.25, 0.3) is 11.7 Å². The third-order valence-corrected chi connectivity index (χ3v) is 0.146. The van der Waals surface area contributed by atoms with Crippen molar-refractivity contribution in [2.75, 3.05) is 0 Å². The molecule has 0 rings (SSSR count). The molecule has 0 fully saturated rings. The van der Waals surface area contributed by atoms with Crippen LogP contribution in [-0.2, 0) is 21.1 Å². The number of rotatable bonds is 2. The minimum atomic E-state index is -1.38. The van der Waals surface area contributed by atoms with Crippen LogP contribution >= 0.6 is 0 Å². The molecule has 0 bridgehead atoms. The number of nitrogens with two attached hydrogens (primary N) is 1. The van der Waals surface area contributed by atoms with Gasteiger partial charge in [0.25, 0.3) is 0 Å². The topological polar surface area (TPSA) is 134 Å². The summed E-state index contributed by atoms with van der Waals surface area (Å²) >= 11 is 0. The minimum absolute atomic E-state index is 0. The van der Waals surface area contributed by atoms with Gasteiger partial charge in [0.1, 0.15) is 0 Å². The first-order chi connectivity index (χ1) is 3.13. The van der Waals surface area contributed by atoms with E-state index in [2.05, 4.69) is 0 Å². The predicted molar refractivity (Wildman–Crippen MR) is 22.6 cm³/mol. The summed E-state index contributed by atoms with van der Waals surface area (Å²) in [6, 6.07) is 0. The summed E-state index contributed by atoms with van der Waals surface area (Å²) in [6.45, 7) is 0. The average molecular weight is 317 g/mol. The molecule has 0 saturated carbocycles. The van der Waals surface area contributed by atoms with Crippen molar-refractivity contribution in [1.82, 2.24) is 0 Å². The molecule has 0 spiro atoms. The summed E-state index contributed by atoms with van der Waals surface area (Å²) in [5.41, 5.74) is 1.72. The van der Waals surface area contributed by atoms with Crippen molar-refractivity contribution in [3.05, 3.63) is 31.9 Å². The van der Waals surface area contributed by atoms with Crippen molar-refractivity contribution in [3.63, 3.8) is 0 Å². The van der Waals surface area contributed by atoms with E-state index in [9.17, 15) is 0 Å². The van der Waals surface area contributed by atoms with E-state index in [1.807, 2.05) is 0 Å². The fourth-order valence-electron chi connectivity index (χ4n) is 0.0596. The SMILES string of the molecule is O=[N+]([O-])[N-][N+](=O)[O-].[NH2-].[Pt+2]. The Morgan fingerprint density at radius 1 is 1.11 bits per heavy atom. The first-order valence-electron chi connectivity index (χ1n) is 1.13. The van der Waals surface area contributed by atoms with E-state index >= 15 is 0 Å². The summed E-state index contributed by atoms with van der Waals surface area (Å²) in [5.74, 6) is 0. The predicted octanol–water partition coefficient (Wildman–Crippen LogP) is 0.458. The van der Waals surface area contributed by atoms with Gasteiger partial charge in [0.2, 0.25) is 0 Å². The third-order valence-electron chi connectivity index (χ3n) is 0.146. The number of nitrogens with zero attached hydrogens (tertiary/aromatic N) is 3. The van der Waals surface area contributed by atoms with E-state index in [1.54, 1.807) is 5.53 Å². The van der Waals surface area contributed by atoms with E-state index < -0.39 is 10.1 Å². The van der Waals surface area contributed by atoms with Gasteiger partial charge in [-0.15, -0.1) is 0 Å². The molecule has 0 atom stereocenters. The summed E-state index contributed by atoms with van der Waals surface area (Å²) in [7, 11) is 0. The maximum atomic E-state index is 9.01. The van der Waals surface area contributed by atoms with Crippen LogP contribution < -0.4 is 0 Å². The van der Waals surface area contributed by atoms with Crippen LogP contribution in [0.15, 0.2) is 0 Å². The van der Waals surface area contributed by atoms with Crippen molar-refractivity contribution >= 4 is 0 Å². The normalized spacial score (nSPS) is 5.78. The molecule has 56 valence electrons. The van der Waals surface area contributed by atoms with E-state index in [4.69, 9.17) is 20.2 Å². The van der Waals surface area contributed by atoms with Crippen LogP contribution in [-0.4, -0.2) is 10.1 Å². The largest absolute Gasteiger partial charge is 2.00 e. The fraction of sp³-hybridized carbons (Fsp3) is 0. The van der Waals surface area contributed by atoms with Crippen molar-refractivity contribution in [2.45, 2.75) is 0 Å². The van der Waals surface area contributed by atoms with Crippen LogP contribution in [0.3, 0.4) is 0 Å². The molecule has 0 aliphatic carbocycles. The van der Waals surface area contributed by atoms with Gasteiger partial charge in [0.05, 0.1) is 0 Å². The molecule has 0 aromatic carbocycles. The Morgan fingerprint density at radius 3 is 1.33 bits per heavy atom. The van der Waals surface area contributed by atoms with Crippen LogP contribution in [0.5, 0.6) is 0 Å². The zero-order valence-electron chi connectivity index (χ0n) is 3.87. The van der Waals surface area contributed by atoms with Gasteiger partial charge in [-0.05, 0) is 5.53 Å². The Morgan fingerprint density at radius 2 is 1.33 bits per heavy atom. The molecular formula is H2N4O4Pt. The van der Waals surface area contributed by atoms with Crippen molar-refractivity contribution < 1.29 is 31.1 Å². The van der Waals surface area contributed by atoms with Gasteiger partial charge in [-0.3, -0.25) is 20.2 Å². The first kappa shape index (κ1) is 15.7. The molecule has 9 heteroatoms. The summed E-state index contributed by atoms with van der Waals surface area (Å²) < 4.78 is 0. The van der Waals surface area contributed by atoms with Gasteiger partial charge < -0.3 is 6.15 Å². The second-order valence-corrected chi connectivity index (χ2v) is 0.565. The molecule has 0 radical (unpaired) electrons. The van der Waals surface area contributed by atoms with Crippen LogP contribution in [0, 0.1) is 20.2 Å². The standard InChI is InChI=1S/N3O4.H2N.Pt/c4-2(5)1-3(6)7;;/h;1H2;/q2*-1;+2. The maximum absolute atomic E-state index is 9.01. The monoisotopic (exact) mass is 317 g/mol. The van der Waals surface area contributed by atoms with Crippen LogP contribution in [0.1, 0.15) is 0 Å². The molecule has 0 aromatic heterocycles. The number of hydrogen-bond donors (Lipinski definition) is 0. The third kappa shape index (κ3) is 18.9. The maximum Gasteiger partial charge on any atom is 2.00 e. The number of nitro groups is 2. The Hall–Kier alpha value is -0.752. The van der Waals surface area contributed by atoms with Gasteiger partial charge >= 0.3 is 21.1 Å². The van der Waals surface area contributed by atoms with Gasteiger partial charge in [-0.2, -0.15) is 0 Å². The van der Waals surface area contributed by atoms with Gasteiger partial charge in [-0.1, -0.05) is 0 Å². The Balaban J connectivity index is -0.000000180. The second-order valence-electron chi connectivity index (χ2n) is 0.565.